The summed E-state index contributed by atoms with van der Waals surface area (Å²) in [6, 6.07) is 21.3. The molecule has 0 saturated carbocycles. The van der Waals surface area contributed by atoms with Crippen molar-refractivity contribution in [3.05, 3.63) is 83.9 Å². The molecule has 1 heterocycles. The van der Waals surface area contributed by atoms with E-state index in [-0.39, 0.29) is 23.5 Å². The molecule has 0 unspecified atom stereocenters. The molecule has 0 radical (unpaired) electrons. The number of amides is 1. The van der Waals surface area contributed by atoms with Gasteiger partial charge in [0.25, 0.3) is 0 Å². The van der Waals surface area contributed by atoms with E-state index >= 15 is 0 Å². The molecule has 0 aliphatic carbocycles. The highest BCUT2D eigenvalue weighted by atomic mass is 32.2. The van der Waals surface area contributed by atoms with Crippen LogP contribution in [-0.2, 0) is 4.79 Å². The fourth-order valence-corrected chi connectivity index (χ4v) is 4.01. The number of hydrogen-bond donors (Lipinski definition) is 2. The number of carbonyl (C=O) groups excluding carboxylic acids is 1. The van der Waals surface area contributed by atoms with Crippen LogP contribution in [0, 0.1) is 0 Å². The molecule has 3 aromatic carbocycles. The number of benzene rings is 3. The Kier molecular flexibility index (Phi) is 7.28. The Morgan fingerprint density at radius 3 is 2.03 bits per heavy atom. The largest absolute Gasteiger partial charge is 0.508 e. The summed E-state index contributed by atoms with van der Waals surface area (Å²) in [5.74, 6) is 1.55. The van der Waals surface area contributed by atoms with Crippen LogP contribution >= 0.6 is 11.8 Å². The first-order valence-corrected chi connectivity index (χ1v) is 11.3. The number of ether oxygens (including phenoxy) is 2. The third-order valence-corrected chi connectivity index (χ3v) is 5.99. The summed E-state index contributed by atoms with van der Waals surface area (Å²) in [6.07, 6.45) is 0. The Bertz CT molecular complexity index is 1180. The highest BCUT2D eigenvalue weighted by molar-refractivity contribution is 7.99. The lowest BCUT2D eigenvalue weighted by Crippen LogP contribution is -2.30. The molecule has 0 saturated heterocycles. The van der Waals surface area contributed by atoms with Crippen molar-refractivity contribution >= 4 is 17.7 Å². The van der Waals surface area contributed by atoms with Crippen molar-refractivity contribution in [1.82, 2.24) is 25.5 Å². The van der Waals surface area contributed by atoms with Gasteiger partial charge in [0.15, 0.2) is 0 Å². The van der Waals surface area contributed by atoms with Gasteiger partial charge in [0.1, 0.15) is 17.2 Å². The van der Waals surface area contributed by atoms with E-state index in [0.29, 0.717) is 10.8 Å². The molecule has 0 spiro atoms. The van der Waals surface area contributed by atoms with Crippen molar-refractivity contribution in [2.24, 2.45) is 0 Å². The summed E-state index contributed by atoms with van der Waals surface area (Å²) in [5, 5.41) is 24.8. The number of phenolic OH excluding ortho intramolecular Hbond substituents is 1. The monoisotopic (exact) mass is 477 g/mol. The van der Waals surface area contributed by atoms with E-state index in [1.54, 1.807) is 38.5 Å². The second-order valence-corrected chi connectivity index (χ2v) is 8.17. The second-order valence-electron chi connectivity index (χ2n) is 7.23. The van der Waals surface area contributed by atoms with Crippen molar-refractivity contribution in [1.29, 1.82) is 0 Å². The number of phenols is 1. The average Bonchev–Trinajstić information content (AvgIpc) is 3.35. The fraction of sp³-hybridized carbons (Fsp3) is 0.167. The SMILES string of the molecule is COc1ccc(C(NC(=O)CSc2nnnn2-c2ccc(O)cc2)c2ccc(OC)cc2)cc1. The molecule has 4 aromatic rings. The van der Waals surface area contributed by atoms with E-state index < -0.39 is 0 Å². The summed E-state index contributed by atoms with van der Waals surface area (Å²) >= 11 is 1.22. The molecule has 0 atom stereocenters. The fourth-order valence-electron chi connectivity index (χ4n) is 3.31. The number of thioether (sulfide) groups is 1. The molecule has 10 heteroatoms. The predicted molar refractivity (Wildman–Crippen MR) is 128 cm³/mol. The number of hydrogen-bond acceptors (Lipinski definition) is 8. The number of tetrazole rings is 1. The Labute approximate surface area is 200 Å². The number of rotatable bonds is 9. The van der Waals surface area contributed by atoms with Gasteiger partial charge in [-0.1, -0.05) is 36.0 Å². The highest BCUT2D eigenvalue weighted by Crippen LogP contribution is 2.27. The summed E-state index contributed by atoms with van der Waals surface area (Å²) in [6.45, 7) is 0. The minimum absolute atomic E-state index is 0.112. The van der Waals surface area contributed by atoms with Crippen LogP contribution in [0.25, 0.3) is 5.69 Å². The maximum Gasteiger partial charge on any atom is 0.231 e. The standard InChI is InChI=1S/C24H23N5O4S/c1-32-20-11-3-16(4-12-20)23(17-5-13-21(33-2)14-6-17)25-22(31)15-34-24-26-27-28-29(24)18-7-9-19(30)10-8-18/h3-14,23,30H,15H2,1-2H3,(H,25,31). The van der Waals surface area contributed by atoms with Crippen LogP contribution in [0.15, 0.2) is 78.0 Å². The number of carbonyl (C=O) groups is 1. The molecule has 9 nitrogen and oxygen atoms in total. The first-order valence-electron chi connectivity index (χ1n) is 10.3. The molecule has 0 aliphatic rings. The van der Waals surface area contributed by atoms with Gasteiger partial charge in [-0.3, -0.25) is 4.79 Å². The van der Waals surface area contributed by atoms with Gasteiger partial charge < -0.3 is 19.9 Å². The molecule has 1 aromatic heterocycles. The van der Waals surface area contributed by atoms with Crippen LogP contribution in [0.1, 0.15) is 17.2 Å². The zero-order valence-electron chi connectivity index (χ0n) is 18.6. The minimum Gasteiger partial charge on any atom is -0.508 e. The zero-order valence-corrected chi connectivity index (χ0v) is 19.4. The normalized spacial score (nSPS) is 10.8. The molecule has 0 bridgehead atoms. The zero-order chi connectivity index (χ0) is 23.9. The van der Waals surface area contributed by atoms with Crippen LogP contribution in [0.4, 0.5) is 0 Å². The molecule has 0 aliphatic heterocycles. The van der Waals surface area contributed by atoms with Crippen LogP contribution < -0.4 is 14.8 Å². The first-order chi connectivity index (χ1) is 16.6. The van der Waals surface area contributed by atoms with E-state index in [4.69, 9.17) is 9.47 Å². The number of nitrogens with one attached hydrogen (secondary N) is 1. The maximum atomic E-state index is 12.9. The lowest BCUT2D eigenvalue weighted by atomic mass is 9.98. The smallest absolute Gasteiger partial charge is 0.231 e. The number of methoxy groups -OCH3 is 2. The second kappa shape index (κ2) is 10.7. The van der Waals surface area contributed by atoms with Gasteiger partial charge in [0.2, 0.25) is 11.1 Å². The highest BCUT2D eigenvalue weighted by Gasteiger charge is 2.19. The summed E-state index contributed by atoms with van der Waals surface area (Å²) in [7, 11) is 3.22. The van der Waals surface area contributed by atoms with Crippen molar-refractivity contribution in [2.45, 2.75) is 11.2 Å². The summed E-state index contributed by atoms with van der Waals surface area (Å²) in [5.41, 5.74) is 2.51. The van der Waals surface area contributed by atoms with E-state index in [9.17, 15) is 9.90 Å². The van der Waals surface area contributed by atoms with Gasteiger partial charge in [-0.25, -0.2) is 0 Å². The van der Waals surface area contributed by atoms with Gasteiger partial charge in [-0.05, 0) is 70.1 Å². The quantitative estimate of drug-likeness (QED) is 0.353. The lowest BCUT2D eigenvalue weighted by molar-refractivity contribution is -0.119. The topological polar surface area (TPSA) is 111 Å². The number of nitrogens with zero attached hydrogens (tertiary/aromatic N) is 4. The third-order valence-electron chi connectivity index (χ3n) is 5.07. The van der Waals surface area contributed by atoms with Crippen LogP contribution in [-0.4, -0.2) is 51.2 Å². The van der Waals surface area contributed by atoms with Gasteiger partial charge in [0.05, 0.1) is 31.7 Å². The van der Waals surface area contributed by atoms with E-state index in [1.165, 1.54) is 16.4 Å². The van der Waals surface area contributed by atoms with Gasteiger partial charge in [-0.15, -0.1) is 5.10 Å². The molecular weight excluding hydrogens is 454 g/mol. The third kappa shape index (κ3) is 5.46. The van der Waals surface area contributed by atoms with Crippen LogP contribution in [0.2, 0.25) is 0 Å². The van der Waals surface area contributed by atoms with E-state index in [1.807, 2.05) is 48.5 Å². The average molecular weight is 478 g/mol. The van der Waals surface area contributed by atoms with E-state index in [0.717, 1.165) is 22.6 Å². The Morgan fingerprint density at radius 1 is 0.941 bits per heavy atom. The van der Waals surface area contributed by atoms with Gasteiger partial charge >= 0.3 is 0 Å². The molecule has 174 valence electrons. The molecule has 1 amide bonds. The van der Waals surface area contributed by atoms with Crippen LogP contribution in [0.3, 0.4) is 0 Å². The predicted octanol–water partition coefficient (Wildman–Crippen LogP) is 3.38. The lowest BCUT2D eigenvalue weighted by Gasteiger charge is -2.20. The number of aromatic nitrogens is 4. The van der Waals surface area contributed by atoms with Gasteiger partial charge in [0, 0.05) is 0 Å². The van der Waals surface area contributed by atoms with E-state index in [2.05, 4.69) is 20.8 Å². The molecule has 34 heavy (non-hydrogen) atoms. The molecule has 2 N–H and O–H groups in total. The van der Waals surface area contributed by atoms with Crippen molar-refractivity contribution in [2.75, 3.05) is 20.0 Å². The molecule has 4 rings (SSSR count). The maximum absolute atomic E-state index is 12.9. The Balaban J connectivity index is 1.49. The Hall–Kier alpha value is -4.05. The molecule has 0 fully saturated rings. The summed E-state index contributed by atoms with van der Waals surface area (Å²) < 4.78 is 12.0. The number of aromatic hydroxyl groups is 1. The molecular formula is C24H23N5O4S. The van der Waals surface area contributed by atoms with Gasteiger partial charge in [-0.2, -0.15) is 4.68 Å². The van der Waals surface area contributed by atoms with Crippen molar-refractivity contribution < 1.29 is 19.4 Å². The van der Waals surface area contributed by atoms with Crippen molar-refractivity contribution in [3.63, 3.8) is 0 Å². The van der Waals surface area contributed by atoms with Crippen LogP contribution in [0.5, 0.6) is 17.2 Å². The Morgan fingerprint density at radius 2 is 1.50 bits per heavy atom. The minimum atomic E-state index is -0.363. The van der Waals surface area contributed by atoms with Crippen molar-refractivity contribution in [3.8, 4) is 22.9 Å². The summed E-state index contributed by atoms with van der Waals surface area (Å²) in [4.78, 5) is 12.9. The first kappa shape index (κ1) is 23.1.